The highest BCUT2D eigenvalue weighted by Crippen LogP contribution is 2.31. The number of nitrogens with zero attached hydrogens (tertiary/aromatic N) is 2. The molecule has 0 spiro atoms. The van der Waals surface area contributed by atoms with Crippen LogP contribution < -0.4 is 9.62 Å². The Kier molecular flexibility index (Phi) is 11.6. The summed E-state index contributed by atoms with van der Waals surface area (Å²) in [5.74, 6) is -0.671. The Morgan fingerprint density at radius 3 is 2.02 bits per heavy atom. The third-order valence-corrected chi connectivity index (χ3v) is 9.58. The minimum absolute atomic E-state index is 0.0164. The molecule has 0 aromatic heterocycles. The number of carbonyl (C=O) groups excluding carboxylic acids is 2. The third kappa shape index (κ3) is 8.71. The van der Waals surface area contributed by atoms with Crippen LogP contribution in [0.25, 0.3) is 0 Å². The number of para-hydroxylation sites is 1. The van der Waals surface area contributed by atoms with Gasteiger partial charge in [-0.15, -0.1) is 0 Å². The van der Waals surface area contributed by atoms with Gasteiger partial charge in [-0.25, -0.2) is 8.42 Å². The number of hydrogen-bond acceptors (Lipinski definition) is 4. The summed E-state index contributed by atoms with van der Waals surface area (Å²) in [7, 11) is -4.22. The van der Waals surface area contributed by atoms with E-state index in [0.29, 0.717) is 6.54 Å². The Labute approximate surface area is 273 Å². The lowest BCUT2D eigenvalue weighted by Crippen LogP contribution is -2.53. The first kappa shape index (κ1) is 33.2. The summed E-state index contributed by atoms with van der Waals surface area (Å²) in [6.45, 7) is 3.93. The fraction of sp³-hybridized carbons (Fsp3) is 0.235. The molecular weight excluding hydrogens is 662 g/mol. The maximum Gasteiger partial charge on any atom is 0.264 e. The normalized spacial score (nSPS) is 12.0. The van der Waals surface area contributed by atoms with Crippen LogP contribution in [-0.4, -0.2) is 44.3 Å². The summed E-state index contributed by atoms with van der Waals surface area (Å²) >= 11 is 9.96. The Morgan fingerprint density at radius 2 is 1.41 bits per heavy atom. The molecule has 0 heterocycles. The minimum Gasteiger partial charge on any atom is -0.354 e. The van der Waals surface area contributed by atoms with Crippen molar-refractivity contribution < 1.29 is 18.0 Å². The number of benzene rings is 4. The van der Waals surface area contributed by atoms with Crippen molar-refractivity contribution in [3.05, 3.63) is 130 Å². The van der Waals surface area contributed by atoms with Crippen molar-refractivity contribution in [1.29, 1.82) is 0 Å². The van der Waals surface area contributed by atoms with E-state index in [4.69, 9.17) is 11.6 Å². The summed E-state index contributed by atoms with van der Waals surface area (Å²) in [6, 6.07) is 30.4. The van der Waals surface area contributed by atoms with Crippen LogP contribution in [0, 0.1) is 5.92 Å². The van der Waals surface area contributed by atoms with Crippen LogP contribution >= 0.6 is 27.5 Å². The Morgan fingerprint density at radius 1 is 0.818 bits per heavy atom. The fourth-order valence-corrected chi connectivity index (χ4v) is 6.66. The van der Waals surface area contributed by atoms with Gasteiger partial charge >= 0.3 is 0 Å². The van der Waals surface area contributed by atoms with E-state index in [0.717, 1.165) is 19.9 Å². The van der Waals surface area contributed by atoms with Crippen LogP contribution in [0.2, 0.25) is 5.02 Å². The smallest absolute Gasteiger partial charge is 0.264 e. The average Bonchev–Trinajstić information content (AvgIpc) is 3.02. The van der Waals surface area contributed by atoms with Gasteiger partial charge in [-0.3, -0.25) is 13.9 Å². The van der Waals surface area contributed by atoms with E-state index in [1.807, 2.05) is 68.4 Å². The summed E-state index contributed by atoms with van der Waals surface area (Å²) < 4.78 is 29.9. The van der Waals surface area contributed by atoms with Gasteiger partial charge in [-0.1, -0.05) is 114 Å². The highest BCUT2D eigenvalue weighted by molar-refractivity contribution is 9.10. The molecule has 7 nitrogen and oxygen atoms in total. The van der Waals surface area contributed by atoms with Crippen LogP contribution in [0.15, 0.2) is 119 Å². The van der Waals surface area contributed by atoms with Gasteiger partial charge in [-0.2, -0.15) is 0 Å². The second-order valence-electron chi connectivity index (χ2n) is 10.8. The lowest BCUT2D eigenvalue weighted by Gasteiger charge is -2.34. The number of nitrogens with one attached hydrogen (secondary N) is 1. The van der Waals surface area contributed by atoms with Crippen LogP contribution in [0.1, 0.15) is 25.0 Å². The van der Waals surface area contributed by atoms with E-state index in [-0.39, 0.29) is 40.4 Å². The molecule has 0 aliphatic heterocycles. The van der Waals surface area contributed by atoms with Crippen LogP contribution in [-0.2, 0) is 32.6 Å². The quantitative estimate of drug-likeness (QED) is 0.168. The van der Waals surface area contributed by atoms with Crippen molar-refractivity contribution >= 4 is 55.1 Å². The molecule has 230 valence electrons. The van der Waals surface area contributed by atoms with E-state index < -0.39 is 28.5 Å². The fourth-order valence-electron chi connectivity index (χ4n) is 4.65. The molecule has 4 rings (SSSR count). The maximum absolute atomic E-state index is 14.4. The van der Waals surface area contributed by atoms with E-state index in [2.05, 4.69) is 21.2 Å². The lowest BCUT2D eigenvalue weighted by atomic mass is 10.0. The molecule has 1 N–H and O–H groups in total. The number of sulfonamides is 1. The zero-order valence-corrected chi connectivity index (χ0v) is 27.7. The molecular formula is C34H35BrClN3O4S. The number of amides is 2. The van der Waals surface area contributed by atoms with E-state index in [9.17, 15) is 18.0 Å². The monoisotopic (exact) mass is 695 g/mol. The Hall–Kier alpha value is -3.66. The molecule has 1 unspecified atom stereocenters. The van der Waals surface area contributed by atoms with Crippen molar-refractivity contribution in [2.24, 2.45) is 5.92 Å². The summed E-state index contributed by atoms with van der Waals surface area (Å²) in [5, 5.41) is 3.17. The van der Waals surface area contributed by atoms with Crippen molar-refractivity contribution in [2.75, 3.05) is 17.4 Å². The zero-order valence-electron chi connectivity index (χ0n) is 24.6. The van der Waals surface area contributed by atoms with E-state index in [1.54, 1.807) is 42.5 Å². The number of rotatable bonds is 13. The zero-order chi connectivity index (χ0) is 31.7. The van der Waals surface area contributed by atoms with Crippen LogP contribution in [0.4, 0.5) is 5.69 Å². The van der Waals surface area contributed by atoms with Gasteiger partial charge in [0.15, 0.2) is 0 Å². The first-order valence-corrected chi connectivity index (χ1v) is 16.8. The van der Waals surface area contributed by atoms with E-state index >= 15 is 0 Å². The topological polar surface area (TPSA) is 86.8 Å². The molecule has 4 aromatic carbocycles. The number of halogens is 2. The highest BCUT2D eigenvalue weighted by atomic mass is 79.9. The second kappa shape index (κ2) is 15.4. The van der Waals surface area contributed by atoms with Crippen LogP contribution in [0.3, 0.4) is 0 Å². The van der Waals surface area contributed by atoms with Crippen molar-refractivity contribution in [3.63, 3.8) is 0 Å². The van der Waals surface area contributed by atoms with Gasteiger partial charge in [-0.05, 0) is 53.4 Å². The van der Waals surface area contributed by atoms with Gasteiger partial charge in [0, 0.05) is 24.0 Å². The molecule has 0 saturated carbocycles. The molecule has 2 amide bonds. The molecule has 44 heavy (non-hydrogen) atoms. The summed E-state index contributed by atoms with van der Waals surface area (Å²) in [6.07, 6.45) is 0.241. The van der Waals surface area contributed by atoms with Gasteiger partial charge in [0.05, 0.1) is 15.6 Å². The summed E-state index contributed by atoms with van der Waals surface area (Å²) in [5.41, 5.74) is 1.82. The molecule has 0 saturated heterocycles. The number of anilines is 1. The first-order chi connectivity index (χ1) is 21.1. The molecule has 0 aliphatic rings. The van der Waals surface area contributed by atoms with Crippen molar-refractivity contribution in [3.8, 4) is 0 Å². The maximum atomic E-state index is 14.4. The van der Waals surface area contributed by atoms with Gasteiger partial charge in [0.1, 0.15) is 12.6 Å². The third-order valence-electron chi connectivity index (χ3n) is 6.95. The number of carbonyl (C=O) groups is 2. The molecule has 0 bridgehead atoms. The average molecular weight is 697 g/mol. The highest BCUT2D eigenvalue weighted by Gasteiger charge is 2.35. The largest absolute Gasteiger partial charge is 0.354 e. The molecule has 10 heteroatoms. The van der Waals surface area contributed by atoms with Crippen molar-refractivity contribution in [1.82, 2.24) is 10.2 Å². The SMILES string of the molecule is CC(C)CNC(=O)C(Cc1ccccc1)N(Cc1ccc(Br)cc1)C(=O)CN(c1ccccc1Cl)S(=O)(=O)c1ccccc1. The summed E-state index contributed by atoms with van der Waals surface area (Å²) in [4.78, 5) is 29.7. The standard InChI is InChI=1S/C34H35BrClN3O4S/c1-25(2)22-37-34(41)32(21-26-11-5-3-6-12-26)38(23-27-17-19-28(35)20-18-27)33(40)24-39(31-16-10-9-15-30(31)36)44(42,43)29-13-7-4-8-14-29/h3-20,25,32H,21-24H2,1-2H3,(H,37,41). The molecule has 4 aromatic rings. The van der Waals surface area contributed by atoms with Gasteiger partial charge < -0.3 is 10.2 Å². The second-order valence-corrected chi connectivity index (χ2v) is 14.0. The van der Waals surface area contributed by atoms with Crippen molar-refractivity contribution in [2.45, 2.75) is 37.8 Å². The molecule has 0 aliphatic carbocycles. The predicted molar refractivity (Wildman–Crippen MR) is 179 cm³/mol. The number of hydrogen-bond donors (Lipinski definition) is 1. The van der Waals surface area contributed by atoms with E-state index in [1.165, 1.54) is 17.0 Å². The van der Waals surface area contributed by atoms with Gasteiger partial charge in [0.2, 0.25) is 11.8 Å². The molecule has 0 fully saturated rings. The Bertz CT molecular complexity index is 1650. The van der Waals surface area contributed by atoms with Gasteiger partial charge in [0.25, 0.3) is 10.0 Å². The lowest BCUT2D eigenvalue weighted by molar-refractivity contribution is -0.140. The molecule has 1 atom stereocenters. The first-order valence-electron chi connectivity index (χ1n) is 14.2. The Balaban J connectivity index is 1.79. The predicted octanol–water partition coefficient (Wildman–Crippen LogP) is 6.71. The molecule has 0 radical (unpaired) electrons. The minimum atomic E-state index is -4.22. The van der Waals surface area contributed by atoms with Crippen LogP contribution in [0.5, 0.6) is 0 Å².